The molecular weight excluding hydrogens is 356 g/mol. The summed E-state index contributed by atoms with van der Waals surface area (Å²) in [6.45, 7) is 0.654. The summed E-state index contributed by atoms with van der Waals surface area (Å²) in [6.07, 6.45) is 2.59. The Hall–Kier alpha value is -2.66. The van der Waals surface area contributed by atoms with E-state index in [1.165, 1.54) is 0 Å². The number of esters is 2. The van der Waals surface area contributed by atoms with Crippen LogP contribution in [-0.2, 0) is 37.0 Å². The van der Waals surface area contributed by atoms with Gasteiger partial charge in [0.25, 0.3) is 0 Å². The molecule has 0 aromatic heterocycles. The summed E-state index contributed by atoms with van der Waals surface area (Å²) in [4.78, 5) is 24.4. The highest BCUT2D eigenvalue weighted by Crippen LogP contribution is 2.30. The van der Waals surface area contributed by atoms with Crippen molar-refractivity contribution in [2.45, 2.75) is 38.9 Å². The minimum Gasteiger partial charge on any atom is -0.461 e. The van der Waals surface area contributed by atoms with Gasteiger partial charge in [-0.1, -0.05) is 60.7 Å². The summed E-state index contributed by atoms with van der Waals surface area (Å²) in [7, 11) is 0. The van der Waals surface area contributed by atoms with Crippen LogP contribution in [0.15, 0.2) is 60.7 Å². The first-order valence-electron chi connectivity index (χ1n) is 9.71. The van der Waals surface area contributed by atoms with Crippen molar-refractivity contribution in [1.82, 2.24) is 0 Å². The van der Waals surface area contributed by atoms with Gasteiger partial charge in [0.05, 0.1) is 18.4 Å². The fraction of sp³-hybridized carbons (Fsp3) is 0.391. The molecule has 0 aliphatic heterocycles. The zero-order chi connectivity index (χ0) is 19.6. The van der Waals surface area contributed by atoms with Crippen LogP contribution in [0, 0.1) is 11.8 Å². The summed E-state index contributed by atoms with van der Waals surface area (Å²) in [5, 5.41) is 0. The Kier molecular flexibility index (Phi) is 7.62. The molecule has 0 amide bonds. The van der Waals surface area contributed by atoms with Gasteiger partial charge in [0, 0.05) is 0 Å². The van der Waals surface area contributed by atoms with Crippen LogP contribution in [0.25, 0.3) is 0 Å². The Balaban J connectivity index is 1.31. The maximum absolute atomic E-state index is 12.2. The molecule has 0 N–H and O–H groups in total. The van der Waals surface area contributed by atoms with Gasteiger partial charge in [-0.2, -0.15) is 0 Å². The third-order valence-electron chi connectivity index (χ3n) is 5.01. The molecule has 0 saturated heterocycles. The molecule has 0 unspecified atom stereocenters. The molecule has 0 heterocycles. The maximum Gasteiger partial charge on any atom is 0.311 e. The normalized spacial score (nSPS) is 19.0. The molecule has 0 bridgehead atoms. The Morgan fingerprint density at radius 3 is 1.68 bits per heavy atom. The number of hydrogen-bond donors (Lipinski definition) is 0. The number of carbonyl (C=O) groups is 2. The van der Waals surface area contributed by atoms with Gasteiger partial charge in [0.15, 0.2) is 6.79 Å². The quantitative estimate of drug-likeness (QED) is 0.388. The van der Waals surface area contributed by atoms with Gasteiger partial charge in [-0.25, -0.2) is 0 Å². The molecule has 0 radical (unpaired) electrons. The van der Waals surface area contributed by atoms with Gasteiger partial charge in [0.1, 0.15) is 6.61 Å². The minimum atomic E-state index is -0.246. The monoisotopic (exact) mass is 382 g/mol. The average molecular weight is 382 g/mol. The van der Waals surface area contributed by atoms with Crippen molar-refractivity contribution < 1.29 is 23.8 Å². The zero-order valence-electron chi connectivity index (χ0n) is 15.9. The van der Waals surface area contributed by atoms with E-state index < -0.39 is 0 Å². The van der Waals surface area contributed by atoms with Gasteiger partial charge in [-0.15, -0.1) is 0 Å². The van der Waals surface area contributed by atoms with Crippen molar-refractivity contribution in [3.8, 4) is 0 Å². The predicted molar refractivity (Wildman–Crippen MR) is 104 cm³/mol. The Morgan fingerprint density at radius 2 is 1.14 bits per heavy atom. The van der Waals surface area contributed by atoms with E-state index >= 15 is 0 Å². The number of rotatable bonds is 8. The molecule has 5 nitrogen and oxygen atoms in total. The highest BCUT2D eigenvalue weighted by atomic mass is 16.7. The predicted octanol–water partition coefficient (Wildman–Crippen LogP) is 4.25. The molecule has 1 fully saturated rings. The van der Waals surface area contributed by atoms with Crippen LogP contribution in [0.3, 0.4) is 0 Å². The number of hydrogen-bond acceptors (Lipinski definition) is 5. The number of carbonyl (C=O) groups excluding carboxylic acids is 2. The second kappa shape index (κ2) is 10.6. The van der Waals surface area contributed by atoms with E-state index in [0.29, 0.717) is 38.9 Å². The smallest absolute Gasteiger partial charge is 0.311 e. The summed E-state index contributed by atoms with van der Waals surface area (Å²) in [6, 6.07) is 19.4. The van der Waals surface area contributed by atoms with E-state index in [4.69, 9.17) is 14.2 Å². The molecule has 0 spiro atoms. The first-order valence-corrected chi connectivity index (χ1v) is 9.71. The van der Waals surface area contributed by atoms with Crippen molar-refractivity contribution >= 4 is 11.9 Å². The van der Waals surface area contributed by atoms with Crippen LogP contribution < -0.4 is 0 Å². The summed E-state index contributed by atoms with van der Waals surface area (Å²) in [5.41, 5.74) is 2.01. The van der Waals surface area contributed by atoms with Gasteiger partial charge < -0.3 is 14.2 Å². The van der Waals surface area contributed by atoms with E-state index in [2.05, 4.69) is 0 Å². The SMILES string of the molecule is O=C(OCOCc1ccccc1)C1CCC(C(=O)OCc2ccccc2)CC1. The molecule has 0 atom stereocenters. The molecular formula is C23H26O5. The lowest BCUT2D eigenvalue weighted by molar-refractivity contribution is -0.165. The molecule has 148 valence electrons. The topological polar surface area (TPSA) is 61.8 Å². The van der Waals surface area contributed by atoms with Crippen molar-refractivity contribution in [2.24, 2.45) is 11.8 Å². The molecule has 2 aromatic rings. The first-order chi connectivity index (χ1) is 13.7. The number of ether oxygens (including phenoxy) is 3. The summed E-state index contributed by atoms with van der Waals surface area (Å²) >= 11 is 0. The van der Waals surface area contributed by atoms with Crippen LogP contribution in [0.5, 0.6) is 0 Å². The second-order valence-electron chi connectivity index (χ2n) is 7.06. The van der Waals surface area contributed by atoms with Gasteiger partial charge in [-0.3, -0.25) is 9.59 Å². The lowest BCUT2D eigenvalue weighted by Gasteiger charge is -2.25. The second-order valence-corrected chi connectivity index (χ2v) is 7.06. The Bertz CT molecular complexity index is 736. The zero-order valence-corrected chi connectivity index (χ0v) is 15.9. The first kappa shape index (κ1) is 20.1. The van der Waals surface area contributed by atoms with Crippen molar-refractivity contribution in [3.05, 3.63) is 71.8 Å². The van der Waals surface area contributed by atoms with Crippen molar-refractivity contribution in [1.29, 1.82) is 0 Å². The lowest BCUT2D eigenvalue weighted by Crippen LogP contribution is -2.28. The standard InChI is InChI=1S/C23H26O5/c24-22(27-16-19-9-5-2-6-10-19)20-11-13-21(14-12-20)23(25)28-17-26-15-18-7-3-1-4-8-18/h1-10,20-21H,11-17H2. The average Bonchev–Trinajstić information content (AvgIpc) is 2.76. The van der Waals surface area contributed by atoms with Gasteiger partial charge in [-0.05, 0) is 36.8 Å². The lowest BCUT2D eigenvalue weighted by atomic mass is 9.82. The van der Waals surface area contributed by atoms with Crippen LogP contribution in [0.1, 0.15) is 36.8 Å². The van der Waals surface area contributed by atoms with E-state index in [9.17, 15) is 9.59 Å². The van der Waals surface area contributed by atoms with Crippen LogP contribution >= 0.6 is 0 Å². The van der Waals surface area contributed by atoms with Crippen LogP contribution in [-0.4, -0.2) is 18.7 Å². The molecule has 28 heavy (non-hydrogen) atoms. The van der Waals surface area contributed by atoms with Crippen molar-refractivity contribution in [3.63, 3.8) is 0 Å². The molecule has 1 saturated carbocycles. The van der Waals surface area contributed by atoms with E-state index in [0.717, 1.165) is 11.1 Å². The van der Waals surface area contributed by atoms with Crippen LogP contribution in [0.4, 0.5) is 0 Å². The highest BCUT2D eigenvalue weighted by molar-refractivity contribution is 5.75. The van der Waals surface area contributed by atoms with E-state index in [-0.39, 0.29) is 30.6 Å². The molecule has 5 heteroatoms. The third kappa shape index (κ3) is 6.20. The van der Waals surface area contributed by atoms with Gasteiger partial charge in [0.2, 0.25) is 0 Å². The summed E-state index contributed by atoms with van der Waals surface area (Å²) < 4.78 is 16.0. The van der Waals surface area contributed by atoms with E-state index in [1.807, 2.05) is 60.7 Å². The van der Waals surface area contributed by atoms with E-state index in [1.54, 1.807) is 0 Å². The fourth-order valence-corrected chi connectivity index (χ4v) is 3.36. The third-order valence-corrected chi connectivity index (χ3v) is 5.01. The minimum absolute atomic E-state index is 0.0488. The largest absolute Gasteiger partial charge is 0.461 e. The Morgan fingerprint density at radius 1 is 0.679 bits per heavy atom. The molecule has 2 aromatic carbocycles. The Labute approximate surface area is 165 Å². The summed E-state index contributed by atoms with van der Waals surface area (Å²) in [5.74, 6) is -0.730. The molecule has 1 aliphatic rings. The molecule has 1 aliphatic carbocycles. The highest BCUT2D eigenvalue weighted by Gasteiger charge is 2.31. The fourth-order valence-electron chi connectivity index (χ4n) is 3.36. The number of benzene rings is 2. The molecule has 3 rings (SSSR count). The van der Waals surface area contributed by atoms with Crippen molar-refractivity contribution in [2.75, 3.05) is 6.79 Å². The van der Waals surface area contributed by atoms with Gasteiger partial charge >= 0.3 is 11.9 Å². The van der Waals surface area contributed by atoms with Crippen LogP contribution in [0.2, 0.25) is 0 Å². The maximum atomic E-state index is 12.2.